The number of nitriles is 1. The van der Waals surface area contributed by atoms with Crippen LogP contribution in [0.5, 0.6) is 0 Å². The van der Waals surface area contributed by atoms with Crippen molar-refractivity contribution in [3.8, 4) is 11.2 Å². The van der Waals surface area contributed by atoms with Crippen molar-refractivity contribution in [2.24, 2.45) is 15.8 Å². The molecule has 0 bridgehead atoms. The third-order valence-electron chi connectivity index (χ3n) is 5.71. The number of nitrogens with one attached hydrogen (secondary N) is 4. The maximum Gasteiger partial charge on any atom is 0.323 e. The van der Waals surface area contributed by atoms with Gasteiger partial charge in [0, 0.05) is 7.05 Å². The van der Waals surface area contributed by atoms with Gasteiger partial charge in [-0.1, -0.05) is 30.0 Å². The fourth-order valence-corrected chi connectivity index (χ4v) is 4.75. The zero-order valence-corrected chi connectivity index (χ0v) is 21.8. The first-order valence-electron chi connectivity index (χ1n) is 11.7. The van der Waals surface area contributed by atoms with E-state index in [1.165, 1.54) is 17.5 Å². The summed E-state index contributed by atoms with van der Waals surface area (Å²) in [6.45, 7) is 5.85. The third-order valence-corrected chi connectivity index (χ3v) is 6.72. The number of hydrogen-bond donors (Lipinski definition) is 5. The second-order valence-corrected chi connectivity index (χ2v) is 9.38. The van der Waals surface area contributed by atoms with Crippen LogP contribution in [0.3, 0.4) is 0 Å². The van der Waals surface area contributed by atoms with Gasteiger partial charge in [-0.25, -0.2) is 14.8 Å². The number of aromatic amines is 2. The lowest BCUT2D eigenvalue weighted by molar-refractivity contribution is 0.873. The molecule has 5 rings (SSSR count). The number of H-pyrrole nitrogens is 2. The number of hydrogen-bond acceptors (Lipinski definition) is 9. The second-order valence-electron chi connectivity index (χ2n) is 8.37. The Morgan fingerprint density at radius 2 is 2.05 bits per heavy atom. The van der Waals surface area contributed by atoms with Crippen LogP contribution >= 0.6 is 11.3 Å². The lowest BCUT2D eigenvalue weighted by Gasteiger charge is -2.11. The van der Waals surface area contributed by atoms with Gasteiger partial charge in [0.2, 0.25) is 5.13 Å². The van der Waals surface area contributed by atoms with Crippen molar-refractivity contribution in [3.63, 3.8) is 0 Å². The monoisotopic (exact) mass is 537 g/mol. The molecular weight excluding hydrogens is 514 g/mol. The van der Waals surface area contributed by atoms with E-state index in [9.17, 15) is 10.1 Å². The lowest BCUT2D eigenvalue weighted by Crippen LogP contribution is -2.20. The van der Waals surface area contributed by atoms with E-state index in [0.29, 0.717) is 50.2 Å². The molecule has 13 heteroatoms. The first kappa shape index (κ1) is 25.2. The first-order valence-corrected chi connectivity index (χ1v) is 12.5. The predicted molar refractivity (Wildman–Crippen MR) is 155 cm³/mol. The van der Waals surface area contributed by atoms with Crippen LogP contribution in [0.2, 0.25) is 0 Å². The molecule has 3 aromatic heterocycles. The van der Waals surface area contributed by atoms with Crippen molar-refractivity contribution in [1.82, 2.24) is 30.0 Å². The Kier molecular flexibility index (Phi) is 6.77. The van der Waals surface area contributed by atoms with Crippen molar-refractivity contribution in [1.29, 1.82) is 5.26 Å². The molecular formula is C26H23N11OS. The molecule has 12 nitrogen and oxygen atoms in total. The first-order chi connectivity index (χ1) is 18.9. The van der Waals surface area contributed by atoms with E-state index >= 15 is 0 Å². The molecule has 0 saturated carbocycles. The summed E-state index contributed by atoms with van der Waals surface area (Å²) < 4.78 is 2.54. The van der Waals surface area contributed by atoms with Gasteiger partial charge in [-0.05, 0) is 48.9 Å². The highest BCUT2D eigenvalue weighted by Gasteiger charge is 2.16. The van der Waals surface area contributed by atoms with Gasteiger partial charge in [0.1, 0.15) is 23.2 Å². The molecule has 0 fully saturated rings. The summed E-state index contributed by atoms with van der Waals surface area (Å²) in [5.41, 5.74) is 13.5. The van der Waals surface area contributed by atoms with Crippen LogP contribution in [-0.4, -0.2) is 43.3 Å². The number of thiazole rings is 1. The van der Waals surface area contributed by atoms with Crippen molar-refractivity contribution in [2.45, 2.75) is 6.92 Å². The van der Waals surface area contributed by atoms with Crippen LogP contribution < -0.4 is 22.2 Å². The van der Waals surface area contributed by atoms with Gasteiger partial charge in [-0.15, -0.1) is 0 Å². The average Bonchev–Trinajstić information content (AvgIpc) is 3.63. The minimum atomic E-state index is -0.294. The Morgan fingerprint density at radius 3 is 2.82 bits per heavy atom. The topological polar surface area (TPSA) is 178 Å². The number of fused-ring (bicyclic) bond motifs is 2. The smallest absolute Gasteiger partial charge is 0.323 e. The maximum absolute atomic E-state index is 11.5. The summed E-state index contributed by atoms with van der Waals surface area (Å²) in [7, 11) is 1.72. The van der Waals surface area contributed by atoms with Crippen molar-refractivity contribution in [2.75, 3.05) is 12.5 Å². The molecule has 0 aliphatic heterocycles. The van der Waals surface area contributed by atoms with Crippen LogP contribution in [-0.2, 0) is 0 Å². The van der Waals surface area contributed by atoms with E-state index in [1.807, 2.05) is 31.2 Å². The van der Waals surface area contributed by atoms with E-state index in [4.69, 9.17) is 5.73 Å². The Bertz CT molecular complexity index is 1880. The molecule has 5 aromatic rings. The molecule has 2 aromatic carbocycles. The number of anilines is 1. The number of hydrazone groups is 1. The molecule has 3 heterocycles. The number of imidazole rings is 1. The molecule has 0 spiro atoms. The summed E-state index contributed by atoms with van der Waals surface area (Å²) in [6.07, 6.45) is 3.11. The minimum Gasteiger partial charge on any atom is -0.387 e. The molecule has 194 valence electrons. The fourth-order valence-electron chi connectivity index (χ4n) is 3.82. The molecule has 0 atom stereocenters. The number of nitrogens with zero attached hydrogens (tertiary/aromatic N) is 6. The number of aliphatic imine (C=N–C) groups is 1. The standard InChI is InChI=1S/C26H23N11OS/c1-14(10-22(28)31-17-8-9-18-20(11-17)33-25(38)32-18)23(15(2)29-3)35-36-24-16(12-27)13-30-37(24)26-34-19-6-4-5-7-21(19)39-26/h4-11,13,29,36H,2H2,1,3H3,(H2,28,31)(H2,32,33,38). The minimum absolute atomic E-state index is 0.221. The number of benzene rings is 2. The highest BCUT2D eigenvalue weighted by atomic mass is 32.1. The molecule has 0 unspecified atom stereocenters. The van der Waals surface area contributed by atoms with E-state index in [2.05, 4.69) is 53.5 Å². The van der Waals surface area contributed by atoms with Crippen LogP contribution in [0, 0.1) is 11.3 Å². The zero-order chi connectivity index (χ0) is 27.5. The fraction of sp³-hybridized carbons (Fsp3) is 0.0769. The largest absolute Gasteiger partial charge is 0.387 e. The Balaban J connectivity index is 1.47. The number of amidine groups is 1. The van der Waals surface area contributed by atoms with E-state index in [-0.39, 0.29) is 11.5 Å². The van der Waals surface area contributed by atoms with Gasteiger partial charge in [0.05, 0.1) is 38.8 Å². The van der Waals surface area contributed by atoms with Gasteiger partial charge in [0.25, 0.3) is 0 Å². The number of allylic oxidation sites excluding steroid dienone is 1. The van der Waals surface area contributed by atoms with Crippen LogP contribution in [0.4, 0.5) is 11.5 Å². The van der Waals surface area contributed by atoms with Crippen molar-refractivity contribution >= 4 is 55.6 Å². The van der Waals surface area contributed by atoms with E-state index < -0.39 is 0 Å². The van der Waals surface area contributed by atoms with Gasteiger partial charge in [0.15, 0.2) is 5.82 Å². The maximum atomic E-state index is 11.5. The highest BCUT2D eigenvalue weighted by Crippen LogP contribution is 2.28. The summed E-state index contributed by atoms with van der Waals surface area (Å²) >= 11 is 1.45. The quantitative estimate of drug-likeness (QED) is 0.114. The number of para-hydroxylation sites is 1. The molecule has 6 N–H and O–H groups in total. The summed E-state index contributed by atoms with van der Waals surface area (Å²) in [4.78, 5) is 26.0. The van der Waals surface area contributed by atoms with Crippen LogP contribution in [0.1, 0.15) is 12.5 Å². The normalized spacial score (nSPS) is 12.6. The van der Waals surface area contributed by atoms with E-state index in [0.717, 1.165) is 10.2 Å². The van der Waals surface area contributed by atoms with Crippen LogP contribution in [0.25, 0.3) is 26.4 Å². The molecule has 0 saturated heterocycles. The molecule has 0 aliphatic rings. The summed E-state index contributed by atoms with van der Waals surface area (Å²) in [6, 6.07) is 15.1. The highest BCUT2D eigenvalue weighted by molar-refractivity contribution is 7.20. The Hall–Kier alpha value is -5.48. The SMILES string of the molecule is C=C(NC)C(=NNc1c(C#N)cnn1-c1nc2ccccc2s1)C(C)=CC(N)=Nc1ccc2[nH]c(=O)[nH]c2c1. The summed E-state index contributed by atoms with van der Waals surface area (Å²) in [5, 5.41) is 22.1. The van der Waals surface area contributed by atoms with Crippen LogP contribution in [0.15, 0.2) is 87.5 Å². The zero-order valence-electron chi connectivity index (χ0n) is 21.0. The van der Waals surface area contributed by atoms with Crippen molar-refractivity contribution < 1.29 is 0 Å². The summed E-state index contributed by atoms with van der Waals surface area (Å²) in [5.74, 6) is 0.583. The molecule has 0 radical (unpaired) electrons. The second kappa shape index (κ2) is 10.5. The Morgan fingerprint density at radius 1 is 1.26 bits per heavy atom. The van der Waals surface area contributed by atoms with Gasteiger partial charge in [-0.3, -0.25) is 5.43 Å². The molecule has 0 amide bonds. The van der Waals surface area contributed by atoms with Gasteiger partial charge < -0.3 is 21.0 Å². The number of aromatic nitrogens is 5. The predicted octanol–water partition coefficient (Wildman–Crippen LogP) is 3.66. The average molecular weight is 538 g/mol. The van der Waals surface area contributed by atoms with Crippen molar-refractivity contribution in [3.05, 3.63) is 88.6 Å². The van der Waals surface area contributed by atoms with E-state index in [1.54, 1.807) is 36.0 Å². The van der Waals surface area contributed by atoms with Gasteiger partial charge in [-0.2, -0.15) is 20.1 Å². The van der Waals surface area contributed by atoms with Gasteiger partial charge >= 0.3 is 5.69 Å². The molecule has 0 aliphatic carbocycles. The molecule has 39 heavy (non-hydrogen) atoms. The number of nitrogens with two attached hydrogens (primary N) is 1. The lowest BCUT2D eigenvalue weighted by atomic mass is 10.1. The number of rotatable bonds is 8. The Labute approximate surface area is 225 Å². The third kappa shape index (κ3) is 5.17.